The van der Waals surface area contributed by atoms with Crippen molar-refractivity contribution in [1.82, 2.24) is 14.8 Å². The first kappa shape index (κ1) is 20.3. The average Bonchev–Trinajstić information content (AvgIpc) is 3.15. The summed E-state index contributed by atoms with van der Waals surface area (Å²) in [7, 11) is 0. The van der Waals surface area contributed by atoms with E-state index in [0.717, 1.165) is 22.2 Å². The Bertz CT molecular complexity index is 1160. The highest BCUT2D eigenvalue weighted by atomic mass is 32.1. The Balaban J connectivity index is 1.97. The van der Waals surface area contributed by atoms with E-state index in [1.807, 2.05) is 0 Å². The number of alkyl halides is 2. The summed E-state index contributed by atoms with van der Waals surface area (Å²) in [5, 5.41) is 17.6. The predicted octanol–water partition coefficient (Wildman–Crippen LogP) is 2.69. The molecule has 0 aliphatic carbocycles. The summed E-state index contributed by atoms with van der Waals surface area (Å²) < 4.78 is 27.1. The zero-order chi connectivity index (χ0) is 21.5. The van der Waals surface area contributed by atoms with Gasteiger partial charge in [0, 0.05) is 5.39 Å². The van der Waals surface area contributed by atoms with Crippen LogP contribution < -0.4 is 11.1 Å². The van der Waals surface area contributed by atoms with E-state index in [0.29, 0.717) is 10.9 Å². The Morgan fingerprint density at radius 1 is 1.41 bits per heavy atom. The maximum atomic E-state index is 13.0. The number of anilines is 1. The van der Waals surface area contributed by atoms with Gasteiger partial charge < -0.3 is 11.1 Å². The van der Waals surface area contributed by atoms with E-state index in [9.17, 15) is 28.5 Å². The molecule has 0 atom stereocenters. The highest BCUT2D eigenvalue weighted by Crippen LogP contribution is 2.38. The highest BCUT2D eigenvalue weighted by Gasteiger charge is 2.24. The molecule has 152 valence electrons. The van der Waals surface area contributed by atoms with Crippen LogP contribution in [0.2, 0.25) is 0 Å². The van der Waals surface area contributed by atoms with E-state index in [-0.39, 0.29) is 33.3 Å². The molecule has 0 saturated heterocycles. The number of fused-ring (bicyclic) bond motifs is 1. The van der Waals surface area contributed by atoms with E-state index in [1.54, 1.807) is 6.92 Å². The minimum absolute atomic E-state index is 0.0435. The molecule has 2 amide bonds. The van der Waals surface area contributed by atoms with E-state index < -0.39 is 28.9 Å². The molecular weight excluding hydrogens is 410 g/mol. The Morgan fingerprint density at radius 3 is 2.66 bits per heavy atom. The van der Waals surface area contributed by atoms with Gasteiger partial charge in [0.25, 0.3) is 12.3 Å². The highest BCUT2D eigenvalue weighted by molar-refractivity contribution is 7.21. The second-order valence-corrected chi connectivity index (χ2v) is 7.12. The molecule has 0 aliphatic heterocycles. The Kier molecular flexibility index (Phi) is 5.24. The van der Waals surface area contributed by atoms with Crippen LogP contribution in [0.1, 0.15) is 33.0 Å². The molecule has 0 unspecified atom stereocenters. The topological polar surface area (TPSA) is 146 Å². The van der Waals surface area contributed by atoms with Crippen LogP contribution in [0, 0.1) is 24.0 Å². The molecule has 3 rings (SSSR count). The van der Waals surface area contributed by atoms with Gasteiger partial charge in [-0.25, -0.2) is 13.8 Å². The van der Waals surface area contributed by atoms with E-state index in [4.69, 9.17) is 5.73 Å². The number of aryl methyl sites for hydroxylation is 2. The van der Waals surface area contributed by atoms with Gasteiger partial charge in [0.2, 0.25) is 5.91 Å². The molecular formula is C16H14F2N6O4S. The molecule has 29 heavy (non-hydrogen) atoms. The largest absolute Gasteiger partial charge is 0.365 e. The Morgan fingerprint density at radius 2 is 2.10 bits per heavy atom. The first-order chi connectivity index (χ1) is 13.6. The predicted molar refractivity (Wildman–Crippen MR) is 100 cm³/mol. The Hall–Kier alpha value is -3.48. The molecule has 3 aromatic heterocycles. The molecule has 0 bridgehead atoms. The smallest absolute Gasteiger partial charge is 0.309 e. The molecule has 3 aromatic rings. The van der Waals surface area contributed by atoms with Crippen LogP contribution in [0.4, 0.5) is 20.2 Å². The number of rotatable bonds is 6. The fourth-order valence-electron chi connectivity index (χ4n) is 2.81. The molecule has 0 radical (unpaired) electrons. The lowest BCUT2D eigenvalue weighted by atomic mass is 10.1. The molecule has 10 nitrogen and oxygen atoms in total. The normalized spacial score (nSPS) is 11.2. The summed E-state index contributed by atoms with van der Waals surface area (Å²) >= 11 is 0.791. The van der Waals surface area contributed by atoms with Gasteiger partial charge in [-0.2, -0.15) is 5.10 Å². The van der Waals surface area contributed by atoms with Gasteiger partial charge >= 0.3 is 5.69 Å². The van der Waals surface area contributed by atoms with Crippen LogP contribution in [0.3, 0.4) is 0 Å². The van der Waals surface area contributed by atoms with Gasteiger partial charge in [-0.05, 0) is 25.5 Å². The summed E-state index contributed by atoms with van der Waals surface area (Å²) in [4.78, 5) is 38.5. The molecule has 0 saturated carbocycles. The third-order valence-electron chi connectivity index (χ3n) is 4.01. The molecule has 0 aromatic carbocycles. The molecule has 13 heteroatoms. The lowest BCUT2D eigenvalue weighted by Crippen LogP contribution is -2.21. The molecule has 0 spiro atoms. The minimum Gasteiger partial charge on any atom is -0.365 e. The van der Waals surface area contributed by atoms with E-state index in [1.165, 1.54) is 13.0 Å². The number of aromatic nitrogens is 3. The van der Waals surface area contributed by atoms with Crippen LogP contribution in [0.5, 0.6) is 0 Å². The van der Waals surface area contributed by atoms with Crippen LogP contribution in [-0.2, 0) is 11.3 Å². The zero-order valence-corrected chi connectivity index (χ0v) is 15.9. The number of amides is 2. The number of carbonyl (C=O) groups excluding carboxylic acids is 2. The van der Waals surface area contributed by atoms with Gasteiger partial charge in [0.15, 0.2) is 0 Å². The van der Waals surface area contributed by atoms with Gasteiger partial charge in [0.1, 0.15) is 33.8 Å². The van der Waals surface area contributed by atoms with Crippen molar-refractivity contribution in [2.45, 2.75) is 26.8 Å². The van der Waals surface area contributed by atoms with Crippen molar-refractivity contribution < 1.29 is 23.3 Å². The van der Waals surface area contributed by atoms with Gasteiger partial charge in [0.05, 0.1) is 10.6 Å². The summed E-state index contributed by atoms with van der Waals surface area (Å²) in [6, 6.07) is 1.17. The van der Waals surface area contributed by atoms with Crippen molar-refractivity contribution in [3.63, 3.8) is 0 Å². The third-order valence-corrected chi connectivity index (χ3v) is 5.11. The number of hydrogen-bond acceptors (Lipinski definition) is 7. The van der Waals surface area contributed by atoms with Gasteiger partial charge in [-0.3, -0.25) is 24.4 Å². The molecule has 3 N–H and O–H groups in total. The third kappa shape index (κ3) is 3.89. The SMILES string of the molecule is Cc1nn(CC(=O)Nc2c(C(N)=O)sc3nc(C(F)F)cc(C)c23)cc1[N+](=O)[O-]. The second kappa shape index (κ2) is 7.50. The summed E-state index contributed by atoms with van der Waals surface area (Å²) in [5.41, 5.74) is 5.25. The number of thiophene rings is 1. The lowest BCUT2D eigenvalue weighted by molar-refractivity contribution is -0.385. The summed E-state index contributed by atoms with van der Waals surface area (Å²) in [6.07, 6.45) is -1.69. The van der Waals surface area contributed by atoms with E-state index in [2.05, 4.69) is 15.4 Å². The monoisotopic (exact) mass is 424 g/mol. The van der Waals surface area contributed by atoms with Crippen molar-refractivity contribution in [3.8, 4) is 0 Å². The number of pyridine rings is 1. The number of primary amides is 1. The van der Waals surface area contributed by atoms with Crippen molar-refractivity contribution >= 4 is 44.7 Å². The maximum Gasteiger partial charge on any atom is 0.309 e. The average molecular weight is 424 g/mol. The molecule has 3 heterocycles. The number of nitrogens with two attached hydrogens (primary N) is 1. The minimum atomic E-state index is -2.80. The standard InChI is InChI=1S/C16H14F2N6O4S/c1-6-3-8(14(17)18)20-16-11(6)12(13(29-16)15(19)26)21-10(25)5-23-4-9(24(27)28)7(2)22-23/h3-4,14H,5H2,1-2H3,(H2,19,26)(H,21,25). The van der Waals surface area contributed by atoms with Crippen LogP contribution >= 0.6 is 11.3 Å². The first-order valence-electron chi connectivity index (χ1n) is 8.08. The number of carbonyl (C=O) groups is 2. The van der Waals surface area contributed by atoms with Crippen molar-refractivity contribution in [2.24, 2.45) is 5.73 Å². The van der Waals surface area contributed by atoms with Crippen molar-refractivity contribution in [3.05, 3.63) is 44.2 Å². The van der Waals surface area contributed by atoms with Crippen LogP contribution in [-0.4, -0.2) is 31.5 Å². The van der Waals surface area contributed by atoms with Gasteiger partial charge in [-0.15, -0.1) is 11.3 Å². The summed E-state index contributed by atoms with van der Waals surface area (Å²) in [6.45, 7) is 2.61. The molecule has 0 fully saturated rings. The lowest BCUT2D eigenvalue weighted by Gasteiger charge is -2.08. The number of nitro groups is 1. The number of nitrogens with one attached hydrogen (secondary N) is 1. The van der Waals surface area contributed by atoms with E-state index >= 15 is 0 Å². The fourth-order valence-corrected chi connectivity index (χ4v) is 3.87. The van der Waals surface area contributed by atoms with Crippen LogP contribution in [0.25, 0.3) is 10.2 Å². The number of halogens is 2. The Labute approximate surface area is 165 Å². The fraction of sp³-hybridized carbons (Fsp3) is 0.250. The first-order valence-corrected chi connectivity index (χ1v) is 8.90. The van der Waals surface area contributed by atoms with Gasteiger partial charge in [-0.1, -0.05) is 0 Å². The summed E-state index contributed by atoms with van der Waals surface area (Å²) in [5.74, 6) is -1.49. The zero-order valence-electron chi connectivity index (χ0n) is 15.1. The number of nitrogens with zero attached hydrogens (tertiary/aromatic N) is 4. The van der Waals surface area contributed by atoms with Crippen molar-refractivity contribution in [1.29, 1.82) is 0 Å². The van der Waals surface area contributed by atoms with Crippen LogP contribution in [0.15, 0.2) is 12.3 Å². The van der Waals surface area contributed by atoms with Crippen molar-refractivity contribution in [2.75, 3.05) is 5.32 Å². The number of hydrogen-bond donors (Lipinski definition) is 2. The molecule has 0 aliphatic rings. The maximum absolute atomic E-state index is 13.0. The second-order valence-electron chi connectivity index (χ2n) is 6.12. The quantitative estimate of drug-likeness (QED) is 0.459.